The fourth-order valence-corrected chi connectivity index (χ4v) is 3.28. The summed E-state index contributed by atoms with van der Waals surface area (Å²) >= 11 is 0. The molecule has 0 bridgehead atoms. The molecular weight excluding hydrogens is 264 g/mol. The van der Waals surface area contributed by atoms with Crippen molar-refractivity contribution < 1.29 is 0 Å². The number of nitrogens with zero attached hydrogens (tertiary/aromatic N) is 5. The minimum absolute atomic E-state index is 0.641. The molecule has 1 atom stereocenters. The lowest BCUT2D eigenvalue weighted by atomic mass is 9.99. The number of rotatable bonds is 4. The van der Waals surface area contributed by atoms with Gasteiger partial charge >= 0.3 is 0 Å². The van der Waals surface area contributed by atoms with Crippen molar-refractivity contribution in [1.29, 1.82) is 0 Å². The lowest BCUT2D eigenvalue weighted by Gasteiger charge is -2.31. The third kappa shape index (κ3) is 2.48. The van der Waals surface area contributed by atoms with Crippen LogP contribution in [-0.2, 0) is 0 Å². The van der Waals surface area contributed by atoms with E-state index in [1.54, 1.807) is 0 Å². The van der Waals surface area contributed by atoms with Crippen LogP contribution in [0.1, 0.15) is 31.5 Å². The van der Waals surface area contributed by atoms with Gasteiger partial charge in [-0.1, -0.05) is 0 Å². The van der Waals surface area contributed by atoms with Crippen LogP contribution in [0.4, 0.5) is 5.82 Å². The highest BCUT2D eigenvalue weighted by Crippen LogP contribution is 2.33. The van der Waals surface area contributed by atoms with Crippen LogP contribution in [0, 0.1) is 12.8 Å². The quantitative estimate of drug-likeness (QED) is 0.920. The first-order valence-corrected chi connectivity index (χ1v) is 7.96. The summed E-state index contributed by atoms with van der Waals surface area (Å²) in [7, 11) is 0. The summed E-state index contributed by atoms with van der Waals surface area (Å²) in [5.41, 5.74) is 0.894. The van der Waals surface area contributed by atoms with Crippen LogP contribution < -0.4 is 10.2 Å². The van der Waals surface area contributed by atoms with Crippen molar-refractivity contribution in [1.82, 2.24) is 24.9 Å². The molecular formula is C15H22N6. The maximum atomic E-state index is 4.63. The number of nitrogens with one attached hydrogen (secondary N) is 1. The van der Waals surface area contributed by atoms with Crippen LogP contribution in [-0.4, -0.2) is 45.3 Å². The van der Waals surface area contributed by atoms with E-state index in [0.29, 0.717) is 12.0 Å². The molecule has 2 aromatic rings. The molecule has 1 N–H and O–H groups in total. The van der Waals surface area contributed by atoms with Gasteiger partial charge in [0.25, 0.3) is 0 Å². The second-order valence-corrected chi connectivity index (χ2v) is 6.29. The molecule has 1 aliphatic heterocycles. The van der Waals surface area contributed by atoms with Crippen LogP contribution >= 0.6 is 0 Å². The highest BCUT2D eigenvalue weighted by atomic mass is 15.3. The van der Waals surface area contributed by atoms with E-state index in [1.807, 2.05) is 23.7 Å². The molecule has 112 valence electrons. The third-order valence-electron chi connectivity index (χ3n) is 4.59. The number of fused-ring (bicyclic) bond motifs is 1. The Bertz CT molecular complexity index is 626. The van der Waals surface area contributed by atoms with Gasteiger partial charge < -0.3 is 10.2 Å². The van der Waals surface area contributed by atoms with Crippen molar-refractivity contribution in [2.75, 3.05) is 24.5 Å². The summed E-state index contributed by atoms with van der Waals surface area (Å²) in [5, 5.41) is 12.0. The van der Waals surface area contributed by atoms with E-state index < -0.39 is 0 Å². The molecule has 1 saturated carbocycles. The minimum Gasteiger partial charge on any atom is -0.350 e. The van der Waals surface area contributed by atoms with Crippen LogP contribution in [0.5, 0.6) is 0 Å². The van der Waals surface area contributed by atoms with Gasteiger partial charge in [-0.25, -0.2) is 4.98 Å². The van der Waals surface area contributed by atoms with E-state index in [4.69, 9.17) is 0 Å². The second kappa shape index (κ2) is 5.26. The molecule has 0 aromatic carbocycles. The number of piperidine rings is 1. The van der Waals surface area contributed by atoms with Crippen molar-refractivity contribution in [3.8, 4) is 0 Å². The zero-order chi connectivity index (χ0) is 14.2. The van der Waals surface area contributed by atoms with Crippen molar-refractivity contribution in [2.45, 2.75) is 38.6 Å². The van der Waals surface area contributed by atoms with Gasteiger partial charge in [-0.15, -0.1) is 10.2 Å². The van der Waals surface area contributed by atoms with Crippen LogP contribution in [0.15, 0.2) is 12.4 Å². The van der Waals surface area contributed by atoms with E-state index in [1.165, 1.54) is 25.7 Å². The summed E-state index contributed by atoms with van der Waals surface area (Å²) < 4.78 is 2.04. The predicted molar refractivity (Wildman–Crippen MR) is 81.5 cm³/mol. The Labute approximate surface area is 124 Å². The zero-order valence-electron chi connectivity index (χ0n) is 12.5. The van der Waals surface area contributed by atoms with Crippen LogP contribution in [0.25, 0.3) is 5.65 Å². The van der Waals surface area contributed by atoms with Crippen molar-refractivity contribution in [3.05, 3.63) is 18.2 Å². The molecule has 21 heavy (non-hydrogen) atoms. The Morgan fingerprint density at radius 1 is 1.33 bits per heavy atom. The summed E-state index contributed by atoms with van der Waals surface area (Å²) in [5.74, 6) is 2.64. The molecule has 3 heterocycles. The maximum absolute atomic E-state index is 4.63. The average Bonchev–Trinajstić information content (AvgIpc) is 3.30. The summed E-state index contributed by atoms with van der Waals surface area (Å²) in [6.45, 7) is 5.35. The van der Waals surface area contributed by atoms with Gasteiger partial charge in [0.1, 0.15) is 5.82 Å². The maximum Gasteiger partial charge on any atom is 0.203 e. The Balaban J connectivity index is 1.65. The Morgan fingerprint density at radius 2 is 2.24 bits per heavy atom. The predicted octanol–water partition coefficient (Wildman–Crippen LogP) is 1.40. The Morgan fingerprint density at radius 3 is 3.00 bits per heavy atom. The normalized spacial score (nSPS) is 22.6. The molecule has 4 rings (SSSR count). The largest absolute Gasteiger partial charge is 0.350 e. The first-order valence-electron chi connectivity index (χ1n) is 7.96. The fraction of sp³-hybridized carbons (Fsp3) is 0.667. The smallest absolute Gasteiger partial charge is 0.203 e. The zero-order valence-corrected chi connectivity index (χ0v) is 12.5. The fourth-order valence-electron chi connectivity index (χ4n) is 3.28. The number of aryl methyl sites for hydroxylation is 1. The van der Waals surface area contributed by atoms with Gasteiger partial charge in [-0.3, -0.25) is 4.40 Å². The van der Waals surface area contributed by atoms with Crippen molar-refractivity contribution in [3.63, 3.8) is 0 Å². The van der Waals surface area contributed by atoms with Gasteiger partial charge in [0.2, 0.25) is 5.65 Å². The highest BCUT2D eigenvalue weighted by molar-refractivity contribution is 5.64. The van der Waals surface area contributed by atoms with Crippen molar-refractivity contribution >= 4 is 11.5 Å². The highest BCUT2D eigenvalue weighted by Gasteiger charge is 2.33. The van der Waals surface area contributed by atoms with Crippen LogP contribution in [0.2, 0.25) is 0 Å². The standard InChI is InChI=1S/C15H22N6/c1-11-18-19-15-14(17-7-8-20(11)15)21(13-4-5-13)10-12-3-2-6-16-9-12/h7-8,12-13,16H,2-6,9-10H2,1H3. The monoisotopic (exact) mass is 286 g/mol. The molecule has 1 saturated heterocycles. The number of anilines is 1. The number of hydrogen-bond acceptors (Lipinski definition) is 5. The summed E-state index contributed by atoms with van der Waals surface area (Å²) in [6.07, 6.45) is 8.95. The number of aromatic nitrogens is 4. The summed E-state index contributed by atoms with van der Waals surface area (Å²) in [4.78, 5) is 7.10. The topological polar surface area (TPSA) is 58.4 Å². The van der Waals surface area contributed by atoms with E-state index in [-0.39, 0.29) is 0 Å². The first-order chi connectivity index (χ1) is 10.3. The lowest BCUT2D eigenvalue weighted by Crippen LogP contribution is -2.39. The first kappa shape index (κ1) is 13.0. The van der Waals surface area contributed by atoms with Crippen LogP contribution in [0.3, 0.4) is 0 Å². The Kier molecular flexibility index (Phi) is 3.25. The molecule has 2 aromatic heterocycles. The van der Waals surface area contributed by atoms with Gasteiger partial charge in [0.15, 0.2) is 5.82 Å². The van der Waals surface area contributed by atoms with Crippen molar-refractivity contribution in [2.24, 2.45) is 5.92 Å². The SMILES string of the molecule is Cc1nnc2c(N(CC3CCCNC3)C3CC3)nccn12. The molecule has 6 nitrogen and oxygen atoms in total. The molecule has 0 spiro atoms. The van der Waals surface area contributed by atoms with Gasteiger partial charge in [-0.05, 0) is 51.6 Å². The second-order valence-electron chi connectivity index (χ2n) is 6.29. The van der Waals surface area contributed by atoms with Gasteiger partial charge in [-0.2, -0.15) is 0 Å². The third-order valence-corrected chi connectivity index (χ3v) is 4.59. The lowest BCUT2D eigenvalue weighted by molar-refractivity contribution is 0.375. The molecule has 0 amide bonds. The molecule has 2 fully saturated rings. The molecule has 6 heteroatoms. The minimum atomic E-state index is 0.641. The Hall–Kier alpha value is -1.69. The van der Waals surface area contributed by atoms with E-state index >= 15 is 0 Å². The van der Waals surface area contributed by atoms with E-state index in [2.05, 4.69) is 25.4 Å². The molecule has 0 radical (unpaired) electrons. The molecule has 1 unspecified atom stereocenters. The molecule has 2 aliphatic rings. The number of hydrogen-bond donors (Lipinski definition) is 1. The average molecular weight is 286 g/mol. The summed E-state index contributed by atoms with van der Waals surface area (Å²) in [6, 6.07) is 0.641. The van der Waals surface area contributed by atoms with Gasteiger partial charge in [0.05, 0.1) is 0 Å². The molecule has 1 aliphatic carbocycles. The van der Waals surface area contributed by atoms with E-state index in [9.17, 15) is 0 Å². The van der Waals surface area contributed by atoms with Gasteiger partial charge in [0, 0.05) is 25.0 Å². The van der Waals surface area contributed by atoms with E-state index in [0.717, 1.165) is 36.9 Å².